The minimum absolute atomic E-state index is 0. The van der Waals surface area contributed by atoms with E-state index in [2.05, 4.69) is 27.3 Å². The molecule has 1 aliphatic heterocycles. The van der Waals surface area contributed by atoms with Crippen LogP contribution in [0.1, 0.15) is 17.2 Å². The van der Waals surface area contributed by atoms with Crippen molar-refractivity contribution in [1.29, 1.82) is 0 Å². The second kappa shape index (κ2) is 8.22. The van der Waals surface area contributed by atoms with Gasteiger partial charge in [-0.1, -0.05) is 65.7 Å². The van der Waals surface area contributed by atoms with Crippen molar-refractivity contribution in [2.75, 3.05) is 13.6 Å². The highest BCUT2D eigenvalue weighted by Crippen LogP contribution is 2.26. The van der Waals surface area contributed by atoms with Gasteiger partial charge in [0.05, 0.1) is 22.6 Å². The van der Waals surface area contributed by atoms with E-state index in [1.807, 2.05) is 37.4 Å². The zero-order chi connectivity index (χ0) is 15.5. The van der Waals surface area contributed by atoms with Crippen LogP contribution >= 0.6 is 47.2 Å². The Hall–Kier alpha value is -0.980. The van der Waals surface area contributed by atoms with Crippen LogP contribution in [-0.4, -0.2) is 24.5 Å². The Balaban J connectivity index is 0.00000192. The maximum Gasteiger partial charge on any atom is 0.194 e. The molecule has 0 radical (unpaired) electrons. The van der Waals surface area contributed by atoms with Crippen LogP contribution in [0.2, 0.25) is 10.0 Å². The van der Waals surface area contributed by atoms with Crippen molar-refractivity contribution >= 4 is 53.1 Å². The smallest absolute Gasteiger partial charge is 0.194 e. The summed E-state index contributed by atoms with van der Waals surface area (Å²) in [7, 11) is 2.00. The monoisotopic (exact) mass is 461 g/mol. The average molecular weight is 462 g/mol. The van der Waals surface area contributed by atoms with Crippen LogP contribution in [0.3, 0.4) is 0 Å². The van der Waals surface area contributed by atoms with Gasteiger partial charge in [-0.05, 0) is 17.2 Å². The lowest BCUT2D eigenvalue weighted by Gasteiger charge is -2.22. The van der Waals surface area contributed by atoms with Crippen LogP contribution in [0, 0.1) is 0 Å². The molecule has 0 saturated heterocycles. The lowest BCUT2D eigenvalue weighted by atomic mass is 10.1. The first-order valence-corrected chi connectivity index (χ1v) is 7.90. The topological polar surface area (TPSA) is 27.6 Å². The molecule has 3 rings (SSSR count). The first kappa shape index (κ1) is 18.4. The van der Waals surface area contributed by atoms with Gasteiger partial charge in [-0.3, -0.25) is 4.99 Å². The Kier molecular flexibility index (Phi) is 6.56. The van der Waals surface area contributed by atoms with E-state index in [4.69, 9.17) is 23.2 Å². The predicted molar refractivity (Wildman–Crippen MR) is 108 cm³/mol. The van der Waals surface area contributed by atoms with Crippen LogP contribution in [0.15, 0.2) is 53.5 Å². The second-order valence-electron chi connectivity index (χ2n) is 5.34. The van der Waals surface area contributed by atoms with Crippen molar-refractivity contribution in [1.82, 2.24) is 10.2 Å². The van der Waals surface area contributed by atoms with Crippen molar-refractivity contribution in [3.63, 3.8) is 0 Å². The number of rotatable bonds is 3. The van der Waals surface area contributed by atoms with Gasteiger partial charge in [0.1, 0.15) is 0 Å². The normalized spacial score (nSPS) is 16.3. The number of nitrogens with one attached hydrogen (secondary N) is 1. The molecule has 1 aliphatic rings. The molecule has 1 atom stereocenters. The minimum Gasteiger partial charge on any atom is -0.348 e. The first-order valence-electron chi connectivity index (χ1n) is 7.15. The molecule has 122 valence electrons. The van der Waals surface area contributed by atoms with Gasteiger partial charge < -0.3 is 10.2 Å². The van der Waals surface area contributed by atoms with Gasteiger partial charge in [0.25, 0.3) is 0 Å². The van der Waals surface area contributed by atoms with E-state index in [-0.39, 0.29) is 30.0 Å². The summed E-state index contributed by atoms with van der Waals surface area (Å²) in [6.07, 6.45) is 0. The highest BCUT2D eigenvalue weighted by atomic mass is 127. The highest BCUT2D eigenvalue weighted by molar-refractivity contribution is 14.0. The molecule has 0 amide bonds. The molecule has 3 nitrogen and oxygen atoms in total. The molecule has 0 bridgehead atoms. The molecule has 6 heteroatoms. The van der Waals surface area contributed by atoms with E-state index in [9.17, 15) is 0 Å². The summed E-state index contributed by atoms with van der Waals surface area (Å²) in [4.78, 5) is 6.65. The molecule has 0 aliphatic carbocycles. The third-order valence-electron chi connectivity index (χ3n) is 3.73. The van der Waals surface area contributed by atoms with Gasteiger partial charge in [-0.25, -0.2) is 0 Å². The minimum atomic E-state index is 0. The van der Waals surface area contributed by atoms with Crippen LogP contribution < -0.4 is 5.32 Å². The summed E-state index contributed by atoms with van der Waals surface area (Å²) in [6.45, 7) is 1.40. The summed E-state index contributed by atoms with van der Waals surface area (Å²) in [5.41, 5.74) is 2.24. The van der Waals surface area contributed by atoms with Crippen LogP contribution in [-0.2, 0) is 6.54 Å². The predicted octanol–water partition coefficient (Wildman–Crippen LogP) is 4.74. The lowest BCUT2D eigenvalue weighted by Crippen LogP contribution is -2.36. The Bertz CT molecular complexity index is 691. The quantitative estimate of drug-likeness (QED) is 0.668. The van der Waals surface area contributed by atoms with E-state index >= 15 is 0 Å². The summed E-state index contributed by atoms with van der Waals surface area (Å²) in [5, 5.41) is 4.65. The number of benzene rings is 2. The van der Waals surface area contributed by atoms with Gasteiger partial charge >= 0.3 is 0 Å². The molecule has 2 aromatic carbocycles. The molecule has 1 heterocycles. The summed E-state index contributed by atoms with van der Waals surface area (Å²) < 4.78 is 0. The van der Waals surface area contributed by atoms with Gasteiger partial charge in [0.2, 0.25) is 0 Å². The number of halogens is 3. The highest BCUT2D eigenvalue weighted by Gasteiger charge is 2.21. The molecule has 1 N–H and O–H groups in total. The van der Waals surface area contributed by atoms with E-state index < -0.39 is 0 Å². The van der Waals surface area contributed by atoms with Crippen LogP contribution in [0.5, 0.6) is 0 Å². The van der Waals surface area contributed by atoms with Crippen molar-refractivity contribution in [2.24, 2.45) is 4.99 Å². The van der Waals surface area contributed by atoms with Gasteiger partial charge in [-0.15, -0.1) is 24.0 Å². The van der Waals surface area contributed by atoms with Crippen LogP contribution in [0.4, 0.5) is 0 Å². The SMILES string of the molecule is CN(Cc1cccc(Cl)c1Cl)C1=NCC(c2ccccc2)N1.I. The Morgan fingerprint density at radius 2 is 1.87 bits per heavy atom. The molecule has 2 aromatic rings. The molecular weight excluding hydrogens is 444 g/mol. The summed E-state index contributed by atoms with van der Waals surface area (Å²) in [5.74, 6) is 0.880. The Morgan fingerprint density at radius 1 is 1.13 bits per heavy atom. The standard InChI is InChI=1S/C17H17Cl2N3.HI/c1-22(11-13-8-5-9-14(18)16(13)19)17-20-10-15(21-17)12-6-3-2-4-7-12;/h2-9,15H,10-11H2,1H3,(H,20,21);1H. The molecular formula is C17H18Cl2IN3. The Labute approximate surface area is 163 Å². The largest absolute Gasteiger partial charge is 0.348 e. The zero-order valence-electron chi connectivity index (χ0n) is 12.7. The van der Waals surface area contributed by atoms with Crippen molar-refractivity contribution in [3.05, 3.63) is 69.7 Å². The molecule has 0 spiro atoms. The van der Waals surface area contributed by atoms with E-state index in [1.54, 1.807) is 6.07 Å². The maximum absolute atomic E-state index is 6.25. The van der Waals surface area contributed by atoms with Crippen molar-refractivity contribution < 1.29 is 0 Å². The lowest BCUT2D eigenvalue weighted by molar-refractivity contribution is 0.480. The summed E-state index contributed by atoms with van der Waals surface area (Å²) in [6, 6.07) is 16.3. The third-order valence-corrected chi connectivity index (χ3v) is 4.59. The second-order valence-corrected chi connectivity index (χ2v) is 6.13. The third kappa shape index (κ3) is 4.31. The fourth-order valence-corrected chi connectivity index (χ4v) is 2.91. The molecule has 1 unspecified atom stereocenters. The van der Waals surface area contributed by atoms with E-state index in [0.29, 0.717) is 16.6 Å². The molecule has 0 fully saturated rings. The number of hydrogen-bond donors (Lipinski definition) is 1. The zero-order valence-corrected chi connectivity index (χ0v) is 16.5. The fraction of sp³-hybridized carbons (Fsp3) is 0.235. The van der Waals surface area contributed by atoms with Crippen molar-refractivity contribution in [3.8, 4) is 0 Å². The molecule has 0 aromatic heterocycles. The fourth-order valence-electron chi connectivity index (χ4n) is 2.53. The van der Waals surface area contributed by atoms with Gasteiger partial charge in [-0.2, -0.15) is 0 Å². The summed E-state index contributed by atoms with van der Waals surface area (Å²) >= 11 is 12.3. The number of hydrogen-bond acceptors (Lipinski definition) is 3. The molecule has 0 saturated carbocycles. The number of nitrogens with zero attached hydrogens (tertiary/aromatic N) is 2. The Morgan fingerprint density at radius 3 is 2.61 bits per heavy atom. The van der Waals surface area contributed by atoms with E-state index in [0.717, 1.165) is 18.1 Å². The first-order chi connectivity index (χ1) is 10.6. The van der Waals surface area contributed by atoms with Gasteiger partial charge in [0.15, 0.2) is 5.96 Å². The van der Waals surface area contributed by atoms with Crippen molar-refractivity contribution in [2.45, 2.75) is 12.6 Å². The molecule has 23 heavy (non-hydrogen) atoms. The maximum atomic E-state index is 6.25. The number of aliphatic imine (C=N–C) groups is 1. The van der Waals surface area contributed by atoms with Gasteiger partial charge in [0, 0.05) is 13.6 Å². The van der Waals surface area contributed by atoms with E-state index in [1.165, 1.54) is 5.56 Å². The number of guanidine groups is 1. The van der Waals surface area contributed by atoms with Crippen LogP contribution in [0.25, 0.3) is 0 Å². The average Bonchev–Trinajstić information content (AvgIpc) is 3.03.